The average molecular weight is 431 g/mol. The molecule has 8 nitrogen and oxygen atoms in total. The van der Waals surface area contributed by atoms with E-state index in [2.05, 4.69) is 15.1 Å². The number of carbonyl (C=O) groups is 1. The Morgan fingerprint density at radius 2 is 1.84 bits per heavy atom. The SMILES string of the molecule is CCOc1ccc(N(Cc2nc3nc(C)cc(=O)n3[nH]2)C(=O)CCc2ccccc2)cc1. The molecule has 0 fully saturated rings. The molecule has 32 heavy (non-hydrogen) atoms. The monoisotopic (exact) mass is 431 g/mol. The minimum Gasteiger partial charge on any atom is -0.494 e. The van der Waals surface area contributed by atoms with Crippen molar-refractivity contribution in [2.24, 2.45) is 0 Å². The summed E-state index contributed by atoms with van der Waals surface area (Å²) in [5.41, 5.74) is 2.18. The largest absolute Gasteiger partial charge is 0.494 e. The van der Waals surface area contributed by atoms with Crippen LogP contribution in [-0.4, -0.2) is 32.1 Å². The van der Waals surface area contributed by atoms with Crippen LogP contribution in [-0.2, 0) is 17.8 Å². The van der Waals surface area contributed by atoms with Gasteiger partial charge in [0.15, 0.2) is 0 Å². The van der Waals surface area contributed by atoms with Crippen LogP contribution >= 0.6 is 0 Å². The lowest BCUT2D eigenvalue weighted by atomic mass is 10.1. The summed E-state index contributed by atoms with van der Waals surface area (Å²) in [5, 5.41) is 2.96. The molecule has 0 radical (unpaired) electrons. The number of aromatic nitrogens is 4. The molecular formula is C24H25N5O3. The molecular weight excluding hydrogens is 406 g/mol. The standard InChI is InChI=1S/C24H25N5O3/c1-3-32-20-12-10-19(11-13-20)28(22(30)14-9-18-7-5-4-6-8-18)16-21-26-24-25-17(2)15-23(31)29(24)27-21/h4-8,10-13,15H,3,9,14,16H2,1-2H3,(H,25,26,27). The Labute approximate surface area is 185 Å². The maximum absolute atomic E-state index is 13.2. The lowest BCUT2D eigenvalue weighted by Gasteiger charge is -2.22. The van der Waals surface area contributed by atoms with Crippen LogP contribution in [0.3, 0.4) is 0 Å². The highest BCUT2D eigenvalue weighted by molar-refractivity contribution is 5.93. The molecule has 1 N–H and O–H groups in total. The number of nitrogens with zero attached hydrogens (tertiary/aromatic N) is 4. The van der Waals surface area contributed by atoms with Gasteiger partial charge in [-0.25, -0.2) is 4.98 Å². The van der Waals surface area contributed by atoms with Gasteiger partial charge in [-0.05, 0) is 50.1 Å². The van der Waals surface area contributed by atoms with E-state index in [0.717, 1.165) is 17.0 Å². The van der Waals surface area contributed by atoms with E-state index in [0.29, 0.717) is 31.0 Å². The van der Waals surface area contributed by atoms with Crippen molar-refractivity contribution in [2.45, 2.75) is 33.2 Å². The predicted molar refractivity (Wildman–Crippen MR) is 122 cm³/mol. The molecule has 0 aliphatic rings. The molecule has 1 amide bonds. The summed E-state index contributed by atoms with van der Waals surface area (Å²) in [7, 11) is 0. The van der Waals surface area contributed by atoms with Gasteiger partial charge in [-0.1, -0.05) is 30.3 Å². The number of hydrogen-bond donors (Lipinski definition) is 1. The van der Waals surface area contributed by atoms with E-state index >= 15 is 0 Å². The second-order valence-electron chi connectivity index (χ2n) is 7.43. The number of ether oxygens (including phenoxy) is 1. The minimum absolute atomic E-state index is 0.0463. The number of nitrogens with one attached hydrogen (secondary N) is 1. The molecule has 0 atom stereocenters. The highest BCUT2D eigenvalue weighted by Gasteiger charge is 2.19. The first kappa shape index (κ1) is 21.3. The molecule has 4 aromatic rings. The molecule has 164 valence electrons. The van der Waals surface area contributed by atoms with Crippen molar-refractivity contribution in [1.82, 2.24) is 19.6 Å². The van der Waals surface area contributed by atoms with Crippen LogP contribution in [0.4, 0.5) is 5.69 Å². The van der Waals surface area contributed by atoms with E-state index in [1.165, 1.54) is 10.6 Å². The zero-order chi connectivity index (χ0) is 22.5. The number of fused-ring (bicyclic) bond motifs is 1. The average Bonchev–Trinajstić information content (AvgIpc) is 3.20. The van der Waals surface area contributed by atoms with E-state index in [9.17, 15) is 9.59 Å². The summed E-state index contributed by atoms with van der Waals surface area (Å²) in [4.78, 5) is 35.8. The molecule has 0 saturated carbocycles. The van der Waals surface area contributed by atoms with Gasteiger partial charge in [0.25, 0.3) is 11.3 Å². The number of aryl methyl sites for hydroxylation is 2. The minimum atomic E-state index is -0.241. The smallest absolute Gasteiger partial charge is 0.274 e. The second kappa shape index (κ2) is 9.47. The van der Waals surface area contributed by atoms with Crippen molar-refractivity contribution in [1.29, 1.82) is 0 Å². The molecule has 0 bridgehead atoms. The van der Waals surface area contributed by atoms with E-state index in [-0.39, 0.29) is 23.8 Å². The molecule has 2 heterocycles. The van der Waals surface area contributed by atoms with Gasteiger partial charge < -0.3 is 9.64 Å². The van der Waals surface area contributed by atoms with E-state index in [1.807, 2.05) is 61.5 Å². The number of H-pyrrole nitrogens is 1. The lowest BCUT2D eigenvalue weighted by Crippen LogP contribution is -2.31. The van der Waals surface area contributed by atoms with Gasteiger partial charge >= 0.3 is 0 Å². The fourth-order valence-electron chi connectivity index (χ4n) is 3.50. The molecule has 8 heteroatoms. The molecule has 0 saturated heterocycles. The molecule has 0 aliphatic carbocycles. The normalized spacial score (nSPS) is 10.9. The Kier molecular flexibility index (Phi) is 6.30. The van der Waals surface area contributed by atoms with E-state index in [1.54, 1.807) is 11.8 Å². The number of amides is 1. The molecule has 0 aliphatic heterocycles. The lowest BCUT2D eigenvalue weighted by molar-refractivity contribution is -0.118. The van der Waals surface area contributed by atoms with Crippen LogP contribution < -0.4 is 15.2 Å². The molecule has 4 rings (SSSR count). The molecule has 2 aromatic heterocycles. The van der Waals surface area contributed by atoms with Crippen molar-refractivity contribution >= 4 is 17.4 Å². The van der Waals surface area contributed by atoms with Gasteiger partial charge in [0.1, 0.15) is 11.6 Å². The van der Waals surface area contributed by atoms with Crippen molar-refractivity contribution in [2.75, 3.05) is 11.5 Å². The first-order valence-corrected chi connectivity index (χ1v) is 10.6. The molecule has 0 spiro atoms. The van der Waals surface area contributed by atoms with Crippen molar-refractivity contribution in [3.05, 3.63) is 88.1 Å². The Balaban J connectivity index is 1.61. The van der Waals surface area contributed by atoms with Crippen LogP contribution in [0.1, 0.15) is 30.4 Å². The topological polar surface area (TPSA) is 92.6 Å². The van der Waals surface area contributed by atoms with Crippen LogP contribution in [0.25, 0.3) is 5.78 Å². The Hall–Kier alpha value is -3.94. The number of benzene rings is 2. The maximum Gasteiger partial charge on any atom is 0.274 e. The first-order valence-electron chi connectivity index (χ1n) is 10.6. The molecule has 2 aromatic carbocycles. The fourth-order valence-corrected chi connectivity index (χ4v) is 3.50. The Morgan fingerprint density at radius 3 is 2.56 bits per heavy atom. The van der Waals surface area contributed by atoms with Gasteiger partial charge in [0.05, 0.1) is 13.2 Å². The maximum atomic E-state index is 13.2. The predicted octanol–water partition coefficient (Wildman–Crippen LogP) is 3.29. The fraction of sp³-hybridized carbons (Fsp3) is 0.250. The Morgan fingerprint density at radius 1 is 1.09 bits per heavy atom. The summed E-state index contributed by atoms with van der Waals surface area (Å²) < 4.78 is 6.81. The second-order valence-corrected chi connectivity index (χ2v) is 7.43. The summed E-state index contributed by atoms with van der Waals surface area (Å²) >= 11 is 0. The van der Waals surface area contributed by atoms with Gasteiger partial charge in [-0.3, -0.25) is 14.7 Å². The zero-order valence-corrected chi connectivity index (χ0v) is 18.1. The van der Waals surface area contributed by atoms with Gasteiger partial charge in [-0.15, -0.1) is 0 Å². The van der Waals surface area contributed by atoms with Crippen LogP contribution in [0, 0.1) is 6.92 Å². The van der Waals surface area contributed by atoms with Gasteiger partial charge in [-0.2, -0.15) is 9.50 Å². The number of carbonyl (C=O) groups excluding carboxylic acids is 1. The third-order valence-electron chi connectivity index (χ3n) is 5.04. The van der Waals surface area contributed by atoms with Gasteiger partial charge in [0, 0.05) is 23.9 Å². The number of anilines is 1. The van der Waals surface area contributed by atoms with Crippen molar-refractivity contribution < 1.29 is 9.53 Å². The third kappa shape index (κ3) is 4.85. The quantitative estimate of drug-likeness (QED) is 0.462. The zero-order valence-electron chi connectivity index (χ0n) is 18.1. The summed E-state index contributed by atoms with van der Waals surface area (Å²) in [6.45, 7) is 4.42. The Bertz CT molecular complexity index is 1260. The van der Waals surface area contributed by atoms with Crippen LogP contribution in [0.15, 0.2) is 65.5 Å². The molecule has 0 unspecified atom stereocenters. The third-order valence-corrected chi connectivity index (χ3v) is 5.04. The van der Waals surface area contributed by atoms with Crippen LogP contribution in [0.5, 0.6) is 5.75 Å². The van der Waals surface area contributed by atoms with Crippen molar-refractivity contribution in [3.63, 3.8) is 0 Å². The van der Waals surface area contributed by atoms with Crippen molar-refractivity contribution in [3.8, 4) is 5.75 Å². The van der Waals surface area contributed by atoms with E-state index < -0.39 is 0 Å². The highest BCUT2D eigenvalue weighted by Crippen LogP contribution is 2.22. The summed E-state index contributed by atoms with van der Waals surface area (Å²) in [6.07, 6.45) is 0.975. The van der Waals surface area contributed by atoms with E-state index in [4.69, 9.17) is 4.74 Å². The summed E-state index contributed by atoms with van der Waals surface area (Å²) in [5.74, 6) is 1.45. The van der Waals surface area contributed by atoms with Crippen LogP contribution in [0.2, 0.25) is 0 Å². The number of aromatic amines is 1. The highest BCUT2D eigenvalue weighted by atomic mass is 16.5. The number of hydrogen-bond acceptors (Lipinski definition) is 5. The summed E-state index contributed by atoms with van der Waals surface area (Å²) in [6, 6.07) is 18.7. The number of rotatable bonds is 8. The first-order chi connectivity index (χ1) is 15.5. The van der Waals surface area contributed by atoms with Gasteiger partial charge in [0.2, 0.25) is 5.91 Å².